The lowest BCUT2D eigenvalue weighted by atomic mass is 10.0. The van der Waals surface area contributed by atoms with Gasteiger partial charge >= 0.3 is 0 Å². The zero-order valence-corrected chi connectivity index (χ0v) is 71.3. The maximum absolute atomic E-state index is 6.99. The van der Waals surface area contributed by atoms with Gasteiger partial charge in [0.05, 0.1) is 10.8 Å². The summed E-state index contributed by atoms with van der Waals surface area (Å²) in [5.41, 5.74) is 38.0. The molecule has 0 saturated heterocycles. The summed E-state index contributed by atoms with van der Waals surface area (Å²) in [4.78, 5) is 9.41. The minimum Gasteiger partial charge on any atom is -0.455 e. The SMILES string of the molecule is Cc1ccc(N(c2cc(C)c(C)c(C)c2)c2ccc3c(ccc4c5ccc6oc7c8ccc(N(c9ccc(C)cc9)c9cc(C)c(C)c(C)c9)cc8ccc7c6c5oc34)c2)cc1.Cc1ccc(N(c2cc(C)cc(C)c2)c2ccc3c(ccc4c5ccc6oc7c8ccc(N(c9ccc(C)cc9)c9cc(C)cc(C)c9)cc8ccc7c6c5oc34)c2)cc1. The largest absolute Gasteiger partial charge is 0.455 e. The van der Waals surface area contributed by atoms with Crippen molar-refractivity contribution >= 4 is 199 Å². The van der Waals surface area contributed by atoms with Gasteiger partial charge in [0, 0.05) is 122 Å². The van der Waals surface area contributed by atoms with Gasteiger partial charge in [0.2, 0.25) is 0 Å². The van der Waals surface area contributed by atoms with Gasteiger partial charge in [-0.3, -0.25) is 0 Å². The third-order valence-electron chi connectivity index (χ3n) is 25.5. The van der Waals surface area contributed by atoms with Crippen LogP contribution in [0.5, 0.6) is 0 Å². The quantitative estimate of drug-likeness (QED) is 0.120. The van der Waals surface area contributed by atoms with Crippen molar-refractivity contribution < 1.29 is 17.7 Å². The molecule has 0 fully saturated rings. The molecule has 0 bridgehead atoms. The van der Waals surface area contributed by atoms with E-state index >= 15 is 0 Å². The molecular formula is C114H92N4O4. The summed E-state index contributed by atoms with van der Waals surface area (Å²) in [6.45, 7) is 30.4. The molecular weight excluding hydrogens is 1490 g/mol. The smallest absolute Gasteiger partial charge is 0.147 e. The number of aryl methyl sites for hydroxylation is 12. The molecule has 4 heterocycles. The first-order chi connectivity index (χ1) is 59.1. The van der Waals surface area contributed by atoms with Crippen molar-refractivity contribution in [3.05, 3.63) is 381 Å². The van der Waals surface area contributed by atoms with Gasteiger partial charge in [-0.2, -0.15) is 0 Å². The van der Waals surface area contributed by atoms with Crippen LogP contribution < -0.4 is 19.6 Å². The fraction of sp³-hybridized carbons (Fsp3) is 0.123. The number of nitrogens with zero attached hydrogens (tertiary/aromatic N) is 4. The second kappa shape index (κ2) is 29.1. The Morgan fingerprint density at radius 3 is 0.656 bits per heavy atom. The number of hydrogen-bond donors (Lipinski definition) is 0. The van der Waals surface area contributed by atoms with Gasteiger partial charge in [-0.25, -0.2) is 0 Å². The second-order valence-corrected chi connectivity index (χ2v) is 34.2. The molecule has 8 heteroatoms. The van der Waals surface area contributed by atoms with E-state index in [9.17, 15) is 0 Å². The first kappa shape index (κ1) is 74.9. The number of fused-ring (bicyclic) bond motifs is 22. The monoisotopic (exact) mass is 1580 g/mol. The number of rotatable bonds is 12. The average molecular weight is 1580 g/mol. The summed E-state index contributed by atoms with van der Waals surface area (Å²) >= 11 is 0. The summed E-state index contributed by atoms with van der Waals surface area (Å²) < 4.78 is 27.5. The van der Waals surface area contributed by atoms with Crippen LogP contribution in [0.25, 0.3) is 131 Å². The van der Waals surface area contributed by atoms with Crippen molar-refractivity contribution in [1.29, 1.82) is 0 Å². The maximum Gasteiger partial charge on any atom is 0.147 e. The molecule has 22 aromatic rings. The zero-order chi connectivity index (χ0) is 83.4. The predicted molar refractivity (Wildman–Crippen MR) is 517 cm³/mol. The molecule has 4 aromatic heterocycles. The summed E-state index contributed by atoms with van der Waals surface area (Å²) in [5.74, 6) is 0. The Balaban J connectivity index is 0.000000150. The Labute approximate surface area is 709 Å². The Morgan fingerprint density at radius 2 is 0.377 bits per heavy atom. The van der Waals surface area contributed by atoms with Crippen LogP contribution in [0.15, 0.2) is 321 Å². The summed E-state index contributed by atoms with van der Waals surface area (Å²) in [6, 6.07) is 111. The molecule has 22 rings (SSSR count). The number of hydrogen-bond acceptors (Lipinski definition) is 8. The Bertz CT molecular complexity index is 7970. The highest BCUT2D eigenvalue weighted by molar-refractivity contribution is 6.29. The average Bonchev–Trinajstić information content (AvgIpc) is 1.56. The first-order valence-corrected chi connectivity index (χ1v) is 42.3. The van der Waals surface area contributed by atoms with E-state index in [1.54, 1.807) is 0 Å². The van der Waals surface area contributed by atoms with Gasteiger partial charge in [0.15, 0.2) is 0 Å². The van der Waals surface area contributed by atoms with E-state index in [0.29, 0.717) is 0 Å². The van der Waals surface area contributed by atoms with Crippen LogP contribution in [0.2, 0.25) is 0 Å². The minimum absolute atomic E-state index is 0.818. The molecule has 0 spiro atoms. The topological polar surface area (TPSA) is 65.5 Å². The molecule has 8 nitrogen and oxygen atoms in total. The molecule has 592 valence electrons. The summed E-state index contributed by atoms with van der Waals surface area (Å²) in [7, 11) is 0. The van der Waals surface area contributed by atoms with Crippen molar-refractivity contribution in [3.8, 4) is 0 Å². The fourth-order valence-electron chi connectivity index (χ4n) is 18.8. The van der Waals surface area contributed by atoms with E-state index < -0.39 is 0 Å². The molecule has 0 aliphatic heterocycles. The van der Waals surface area contributed by atoms with E-state index in [1.165, 1.54) is 77.9 Å². The van der Waals surface area contributed by atoms with Crippen molar-refractivity contribution in [1.82, 2.24) is 0 Å². The van der Waals surface area contributed by atoms with Crippen molar-refractivity contribution in [2.75, 3.05) is 19.6 Å². The van der Waals surface area contributed by atoms with E-state index in [4.69, 9.17) is 17.7 Å². The molecule has 0 aliphatic carbocycles. The second-order valence-electron chi connectivity index (χ2n) is 34.2. The third kappa shape index (κ3) is 12.8. The van der Waals surface area contributed by atoms with Gasteiger partial charge in [-0.05, 0) is 393 Å². The highest BCUT2D eigenvalue weighted by Crippen LogP contribution is 2.50. The van der Waals surface area contributed by atoms with E-state index in [0.717, 1.165) is 199 Å². The van der Waals surface area contributed by atoms with E-state index in [1.807, 2.05) is 0 Å². The molecule has 0 atom stereocenters. The van der Waals surface area contributed by atoms with Crippen LogP contribution in [0.4, 0.5) is 68.2 Å². The van der Waals surface area contributed by atoms with Crippen LogP contribution in [0.1, 0.15) is 77.9 Å². The normalized spacial score (nSPS) is 11.9. The molecule has 18 aromatic carbocycles. The van der Waals surface area contributed by atoms with E-state index in [-0.39, 0.29) is 0 Å². The lowest BCUT2D eigenvalue weighted by Crippen LogP contribution is -2.11. The van der Waals surface area contributed by atoms with Gasteiger partial charge in [-0.1, -0.05) is 107 Å². The molecule has 0 radical (unpaired) electrons. The third-order valence-corrected chi connectivity index (χ3v) is 25.5. The highest BCUT2D eigenvalue weighted by atomic mass is 16.4. The fourth-order valence-corrected chi connectivity index (χ4v) is 18.8. The number of furan rings is 4. The van der Waals surface area contributed by atoms with Crippen LogP contribution >= 0.6 is 0 Å². The molecule has 0 unspecified atom stereocenters. The van der Waals surface area contributed by atoms with Gasteiger partial charge < -0.3 is 37.3 Å². The minimum atomic E-state index is 0.818. The van der Waals surface area contributed by atoms with Gasteiger partial charge in [0.25, 0.3) is 0 Å². The Hall–Kier alpha value is -14.6. The first-order valence-electron chi connectivity index (χ1n) is 42.3. The van der Waals surface area contributed by atoms with Crippen molar-refractivity contribution in [3.63, 3.8) is 0 Å². The van der Waals surface area contributed by atoms with E-state index in [2.05, 4.69) is 420 Å². The molecule has 0 saturated carbocycles. The van der Waals surface area contributed by atoms with Crippen molar-refractivity contribution in [2.24, 2.45) is 0 Å². The maximum atomic E-state index is 6.99. The Kier molecular flexibility index (Phi) is 17.9. The van der Waals surface area contributed by atoms with Gasteiger partial charge in [0.1, 0.15) is 44.7 Å². The summed E-state index contributed by atoms with van der Waals surface area (Å²) in [5, 5.41) is 17.3. The lowest BCUT2D eigenvalue weighted by Gasteiger charge is -2.27. The van der Waals surface area contributed by atoms with Gasteiger partial charge in [-0.15, -0.1) is 0 Å². The lowest BCUT2D eigenvalue weighted by molar-refractivity contribution is 0.665. The predicted octanol–water partition coefficient (Wildman–Crippen LogP) is 33.8. The van der Waals surface area contributed by atoms with Crippen LogP contribution in [0.3, 0.4) is 0 Å². The highest BCUT2D eigenvalue weighted by Gasteiger charge is 2.26. The zero-order valence-electron chi connectivity index (χ0n) is 71.3. The number of benzene rings is 18. The Morgan fingerprint density at radius 1 is 0.156 bits per heavy atom. The van der Waals surface area contributed by atoms with Crippen LogP contribution in [-0.2, 0) is 0 Å². The molecule has 122 heavy (non-hydrogen) atoms. The van der Waals surface area contributed by atoms with Crippen LogP contribution in [-0.4, -0.2) is 0 Å². The standard InChI is InChI=1S/C58H48N2O2.C56H44N2O2/c1-33-9-15-43(16-10-33)59(47-27-35(3)39(7)36(4)28-47)45-19-23-49-41(31-45)13-21-51-52-25-26-54-55(58(52)62-56(49)51)53-22-14-42-32-46(20-24-50(42)57(53)61-54)60(44-17-11-34(2)12-18-44)48-29-37(5)40(8)38(6)30-48;1-33-7-13-41(14-8-33)57(45-27-35(3)25-36(4)28-45)43-17-21-47-39(31-43)11-19-49-50-23-24-52-53(56(50)60-54(47)49)51-20-12-40-32-44(18-22-48(40)55(51)59-52)58(42-15-9-34(2)10-16-42)46-29-37(5)26-38(6)30-46/h9-32H,1-8H3;7-32H,1-6H3. The van der Waals surface area contributed by atoms with Crippen molar-refractivity contribution in [2.45, 2.75) is 96.9 Å². The molecule has 0 amide bonds. The molecule has 0 N–H and O–H groups in total. The van der Waals surface area contributed by atoms with Crippen LogP contribution in [0, 0.1) is 96.9 Å². The number of anilines is 12. The molecule has 0 aliphatic rings. The summed E-state index contributed by atoms with van der Waals surface area (Å²) in [6.07, 6.45) is 0.